The largest absolute Gasteiger partial charge is 0.338 e. The Balaban J connectivity index is 2.42. The lowest BCUT2D eigenvalue weighted by atomic mass is 9.97. The third-order valence-corrected chi connectivity index (χ3v) is 3.97. The van der Waals surface area contributed by atoms with Crippen LogP contribution in [0.1, 0.15) is 40.5 Å². The summed E-state index contributed by atoms with van der Waals surface area (Å²) in [5.41, 5.74) is 1.04. The molecule has 1 aliphatic rings. The highest BCUT2D eigenvalue weighted by molar-refractivity contribution is 5.78. The zero-order valence-electron chi connectivity index (χ0n) is 14.3. The minimum absolute atomic E-state index is 0.234. The van der Waals surface area contributed by atoms with Crippen LogP contribution in [-0.2, 0) is 4.79 Å². The number of amides is 1. The Hall–Kier alpha value is -0.870. The lowest BCUT2D eigenvalue weighted by Crippen LogP contribution is -2.46. The normalized spacial score (nSPS) is 19.8. The number of piperidine rings is 1. The number of likely N-dealkylation sites (tertiary alicyclic amines) is 1. The molecule has 21 heavy (non-hydrogen) atoms. The molecule has 0 radical (unpaired) electrons. The highest BCUT2D eigenvalue weighted by Gasteiger charge is 2.23. The molecular weight excluding hydrogens is 262 g/mol. The fraction of sp³-hybridized carbons (Fsp3) is 0.824. The smallest absolute Gasteiger partial charge is 0.237 e. The van der Waals surface area contributed by atoms with Gasteiger partial charge in [-0.3, -0.25) is 9.69 Å². The Morgan fingerprint density at radius 3 is 2.76 bits per heavy atom. The maximum Gasteiger partial charge on any atom is 0.237 e. The first kappa shape index (κ1) is 18.2. The van der Waals surface area contributed by atoms with Gasteiger partial charge in [0, 0.05) is 25.7 Å². The van der Waals surface area contributed by atoms with Crippen LogP contribution in [0.4, 0.5) is 0 Å². The van der Waals surface area contributed by atoms with Crippen molar-refractivity contribution in [3.05, 3.63) is 12.2 Å². The van der Waals surface area contributed by atoms with Crippen molar-refractivity contribution in [2.24, 2.45) is 5.92 Å². The van der Waals surface area contributed by atoms with Crippen molar-refractivity contribution < 1.29 is 4.79 Å². The van der Waals surface area contributed by atoms with Crippen LogP contribution in [-0.4, -0.2) is 61.0 Å². The van der Waals surface area contributed by atoms with Gasteiger partial charge in [-0.1, -0.05) is 26.0 Å². The minimum atomic E-state index is 0.234. The summed E-state index contributed by atoms with van der Waals surface area (Å²) in [6.07, 6.45) is 2.47. The maximum absolute atomic E-state index is 12.4. The monoisotopic (exact) mass is 295 g/mol. The summed E-state index contributed by atoms with van der Waals surface area (Å²) >= 11 is 0. The summed E-state index contributed by atoms with van der Waals surface area (Å²) in [7, 11) is 0. The number of hydrogen-bond acceptors (Lipinski definition) is 3. The predicted molar refractivity (Wildman–Crippen MR) is 89.4 cm³/mol. The summed E-state index contributed by atoms with van der Waals surface area (Å²) in [6, 6.07) is 0.535. The van der Waals surface area contributed by atoms with E-state index in [9.17, 15) is 4.79 Å². The number of likely N-dealkylation sites (N-methyl/N-ethyl adjacent to an activating group) is 1. The molecular formula is C17H33N3O. The Labute approximate surface area is 130 Å². The molecule has 0 spiro atoms. The molecule has 1 unspecified atom stereocenters. The molecule has 0 aromatic rings. The third kappa shape index (κ3) is 7.09. The van der Waals surface area contributed by atoms with Crippen LogP contribution in [0.3, 0.4) is 0 Å². The molecule has 0 aromatic carbocycles. The fourth-order valence-corrected chi connectivity index (χ4v) is 2.86. The van der Waals surface area contributed by atoms with Crippen LogP contribution in [0.2, 0.25) is 0 Å². The number of hydrogen-bond donors (Lipinski definition) is 1. The summed E-state index contributed by atoms with van der Waals surface area (Å²) in [6.45, 7) is 17.4. The van der Waals surface area contributed by atoms with E-state index in [1.54, 1.807) is 0 Å². The molecule has 1 amide bonds. The Morgan fingerprint density at radius 2 is 2.19 bits per heavy atom. The highest BCUT2D eigenvalue weighted by atomic mass is 16.2. The Kier molecular flexibility index (Phi) is 7.97. The van der Waals surface area contributed by atoms with Crippen LogP contribution >= 0.6 is 0 Å². The van der Waals surface area contributed by atoms with E-state index >= 15 is 0 Å². The van der Waals surface area contributed by atoms with Crippen LogP contribution in [0.25, 0.3) is 0 Å². The van der Waals surface area contributed by atoms with Gasteiger partial charge in [0.1, 0.15) is 0 Å². The molecule has 0 aromatic heterocycles. The van der Waals surface area contributed by atoms with Crippen molar-refractivity contribution in [2.45, 2.75) is 46.6 Å². The van der Waals surface area contributed by atoms with Gasteiger partial charge < -0.3 is 10.2 Å². The zero-order valence-corrected chi connectivity index (χ0v) is 14.3. The summed E-state index contributed by atoms with van der Waals surface area (Å²) in [5.74, 6) is 0.906. The van der Waals surface area contributed by atoms with E-state index in [2.05, 4.69) is 30.6 Å². The van der Waals surface area contributed by atoms with E-state index in [1.807, 2.05) is 18.7 Å². The minimum Gasteiger partial charge on any atom is -0.338 e. The number of rotatable bonds is 8. The lowest BCUT2D eigenvalue weighted by Gasteiger charge is -2.34. The zero-order chi connectivity index (χ0) is 15.8. The molecule has 1 rings (SSSR count). The third-order valence-electron chi connectivity index (χ3n) is 3.97. The Bertz CT molecular complexity index is 341. The van der Waals surface area contributed by atoms with E-state index in [-0.39, 0.29) is 5.91 Å². The summed E-state index contributed by atoms with van der Waals surface area (Å²) in [4.78, 5) is 16.6. The second-order valence-corrected chi connectivity index (χ2v) is 6.67. The second kappa shape index (κ2) is 9.21. The van der Waals surface area contributed by atoms with E-state index in [0.717, 1.165) is 31.8 Å². The number of carbonyl (C=O) groups is 1. The van der Waals surface area contributed by atoms with Gasteiger partial charge in [0.05, 0.1) is 6.54 Å². The summed E-state index contributed by atoms with van der Waals surface area (Å²) < 4.78 is 0. The number of nitrogens with zero attached hydrogens (tertiary/aromatic N) is 2. The topological polar surface area (TPSA) is 35.6 Å². The van der Waals surface area contributed by atoms with Gasteiger partial charge in [0.15, 0.2) is 0 Å². The fourth-order valence-electron chi connectivity index (χ4n) is 2.86. The first-order valence-electron chi connectivity index (χ1n) is 8.30. The van der Waals surface area contributed by atoms with Gasteiger partial charge in [-0.25, -0.2) is 0 Å². The van der Waals surface area contributed by atoms with Crippen molar-refractivity contribution in [1.29, 1.82) is 0 Å². The van der Waals surface area contributed by atoms with Crippen LogP contribution < -0.4 is 5.32 Å². The van der Waals surface area contributed by atoms with Crippen molar-refractivity contribution in [2.75, 3.05) is 39.3 Å². The molecule has 1 saturated heterocycles. The van der Waals surface area contributed by atoms with Crippen molar-refractivity contribution in [3.63, 3.8) is 0 Å². The molecule has 0 saturated carbocycles. The number of nitrogens with one attached hydrogen (secondary N) is 1. The molecule has 1 N–H and O–H groups in total. The van der Waals surface area contributed by atoms with Gasteiger partial charge >= 0.3 is 0 Å². The van der Waals surface area contributed by atoms with Gasteiger partial charge in [0.2, 0.25) is 5.91 Å². The standard InChI is InChI=1S/C17H33N3O/c1-6-20(11-14(2)3)17(21)13-19-9-7-8-16(12-19)10-18-15(4)5/h15-16,18H,2,6-13H2,1,3-5H3. The predicted octanol–water partition coefficient (Wildman–Crippen LogP) is 2.12. The van der Waals surface area contributed by atoms with Gasteiger partial charge in [0.25, 0.3) is 0 Å². The molecule has 1 fully saturated rings. The molecule has 1 heterocycles. The molecule has 4 nitrogen and oxygen atoms in total. The second-order valence-electron chi connectivity index (χ2n) is 6.67. The van der Waals surface area contributed by atoms with Gasteiger partial charge in [-0.2, -0.15) is 0 Å². The lowest BCUT2D eigenvalue weighted by molar-refractivity contribution is -0.132. The molecule has 0 bridgehead atoms. The molecule has 122 valence electrons. The molecule has 0 aliphatic carbocycles. The van der Waals surface area contributed by atoms with Gasteiger partial charge in [-0.15, -0.1) is 0 Å². The summed E-state index contributed by atoms with van der Waals surface area (Å²) in [5, 5.41) is 3.52. The van der Waals surface area contributed by atoms with Crippen molar-refractivity contribution in [1.82, 2.24) is 15.1 Å². The molecule has 1 atom stereocenters. The van der Waals surface area contributed by atoms with Crippen LogP contribution in [0, 0.1) is 5.92 Å². The van der Waals surface area contributed by atoms with E-state index in [1.165, 1.54) is 12.8 Å². The van der Waals surface area contributed by atoms with Crippen molar-refractivity contribution in [3.8, 4) is 0 Å². The van der Waals surface area contributed by atoms with Crippen LogP contribution in [0.5, 0.6) is 0 Å². The van der Waals surface area contributed by atoms with E-state index in [0.29, 0.717) is 25.0 Å². The SMILES string of the molecule is C=C(C)CN(CC)C(=O)CN1CCCC(CNC(C)C)C1. The average Bonchev–Trinajstić information content (AvgIpc) is 2.42. The van der Waals surface area contributed by atoms with Crippen molar-refractivity contribution >= 4 is 5.91 Å². The first-order valence-corrected chi connectivity index (χ1v) is 8.30. The van der Waals surface area contributed by atoms with Crippen LogP contribution in [0.15, 0.2) is 12.2 Å². The van der Waals surface area contributed by atoms with E-state index < -0.39 is 0 Å². The quantitative estimate of drug-likeness (QED) is 0.697. The Morgan fingerprint density at radius 1 is 1.48 bits per heavy atom. The molecule has 1 aliphatic heterocycles. The highest BCUT2D eigenvalue weighted by Crippen LogP contribution is 2.16. The maximum atomic E-state index is 12.4. The first-order chi connectivity index (χ1) is 9.92. The van der Waals surface area contributed by atoms with E-state index in [4.69, 9.17) is 0 Å². The molecule has 4 heteroatoms. The number of carbonyl (C=O) groups excluding carboxylic acids is 1. The van der Waals surface area contributed by atoms with Gasteiger partial charge in [-0.05, 0) is 45.7 Å². The average molecular weight is 295 g/mol.